The summed E-state index contributed by atoms with van der Waals surface area (Å²) < 4.78 is 0. The van der Waals surface area contributed by atoms with E-state index in [1.54, 1.807) is 13.0 Å². The van der Waals surface area contributed by atoms with Crippen molar-refractivity contribution in [3.05, 3.63) is 58.4 Å². The molecular formula is C15H16ClN3O. The maximum absolute atomic E-state index is 12.1. The van der Waals surface area contributed by atoms with E-state index in [-0.39, 0.29) is 5.91 Å². The standard InChI is InChI=1S/C15H16ClN3O/c1-10-7-14(11(2)19-18-10)15(20)17-9-13-5-3-12(8-16)4-6-13/h3-7H,8-9H2,1-2H3,(H,17,20). The zero-order valence-corrected chi connectivity index (χ0v) is 12.2. The highest BCUT2D eigenvalue weighted by Gasteiger charge is 2.10. The van der Waals surface area contributed by atoms with Gasteiger partial charge in [0.25, 0.3) is 5.91 Å². The molecule has 0 unspecified atom stereocenters. The Hall–Kier alpha value is -1.94. The molecule has 0 spiro atoms. The lowest BCUT2D eigenvalue weighted by Gasteiger charge is -2.08. The molecule has 0 aliphatic heterocycles. The van der Waals surface area contributed by atoms with Crippen molar-refractivity contribution < 1.29 is 4.79 Å². The van der Waals surface area contributed by atoms with Gasteiger partial charge in [0.05, 0.1) is 17.0 Å². The third-order valence-electron chi connectivity index (χ3n) is 2.98. The van der Waals surface area contributed by atoms with Gasteiger partial charge in [0.2, 0.25) is 0 Å². The summed E-state index contributed by atoms with van der Waals surface area (Å²) in [6.45, 7) is 4.06. The van der Waals surface area contributed by atoms with Crippen molar-refractivity contribution in [1.82, 2.24) is 15.5 Å². The molecule has 1 amide bonds. The molecule has 0 fully saturated rings. The maximum atomic E-state index is 12.1. The van der Waals surface area contributed by atoms with Crippen LogP contribution < -0.4 is 5.32 Å². The second-order valence-electron chi connectivity index (χ2n) is 4.62. The summed E-state index contributed by atoms with van der Waals surface area (Å²) in [6, 6.07) is 9.58. The fourth-order valence-corrected chi connectivity index (χ4v) is 1.98. The molecule has 1 heterocycles. The highest BCUT2D eigenvalue weighted by molar-refractivity contribution is 6.17. The normalized spacial score (nSPS) is 10.3. The van der Waals surface area contributed by atoms with Gasteiger partial charge in [-0.2, -0.15) is 10.2 Å². The summed E-state index contributed by atoms with van der Waals surface area (Å²) in [5.74, 6) is 0.357. The van der Waals surface area contributed by atoms with E-state index < -0.39 is 0 Å². The summed E-state index contributed by atoms with van der Waals surface area (Å²) in [4.78, 5) is 12.1. The molecule has 0 bridgehead atoms. The van der Waals surface area contributed by atoms with E-state index in [1.807, 2.05) is 31.2 Å². The number of aromatic nitrogens is 2. The predicted molar refractivity (Wildman–Crippen MR) is 78.7 cm³/mol. The van der Waals surface area contributed by atoms with Crippen LogP contribution in [-0.2, 0) is 12.4 Å². The van der Waals surface area contributed by atoms with Gasteiger partial charge in [0.15, 0.2) is 0 Å². The Bertz CT molecular complexity index is 611. The molecule has 0 aliphatic rings. The van der Waals surface area contributed by atoms with E-state index >= 15 is 0 Å². The maximum Gasteiger partial charge on any atom is 0.253 e. The average Bonchev–Trinajstić information content (AvgIpc) is 2.47. The first-order chi connectivity index (χ1) is 9.60. The highest BCUT2D eigenvalue weighted by Crippen LogP contribution is 2.08. The number of benzene rings is 1. The van der Waals surface area contributed by atoms with Gasteiger partial charge in [-0.05, 0) is 31.0 Å². The monoisotopic (exact) mass is 289 g/mol. The number of hydrogen-bond acceptors (Lipinski definition) is 3. The van der Waals surface area contributed by atoms with E-state index in [1.165, 1.54) is 0 Å². The molecular weight excluding hydrogens is 274 g/mol. The Labute approximate surface area is 123 Å². The quantitative estimate of drug-likeness (QED) is 0.881. The summed E-state index contributed by atoms with van der Waals surface area (Å²) in [7, 11) is 0. The number of aryl methyl sites for hydroxylation is 2. The van der Waals surface area contributed by atoms with Crippen LogP contribution in [-0.4, -0.2) is 16.1 Å². The number of rotatable bonds is 4. The Morgan fingerprint density at radius 2 is 1.80 bits per heavy atom. The average molecular weight is 290 g/mol. The SMILES string of the molecule is Cc1cc(C(=O)NCc2ccc(CCl)cc2)c(C)nn1. The molecule has 0 aliphatic carbocycles. The lowest BCUT2D eigenvalue weighted by atomic mass is 10.1. The molecule has 20 heavy (non-hydrogen) atoms. The zero-order chi connectivity index (χ0) is 14.5. The first-order valence-corrected chi connectivity index (χ1v) is 6.86. The smallest absolute Gasteiger partial charge is 0.253 e. The van der Waals surface area contributed by atoms with E-state index in [2.05, 4.69) is 15.5 Å². The number of carbonyl (C=O) groups excluding carboxylic acids is 1. The summed E-state index contributed by atoms with van der Waals surface area (Å²) in [5, 5.41) is 10.7. The van der Waals surface area contributed by atoms with Gasteiger partial charge < -0.3 is 5.32 Å². The molecule has 0 atom stereocenters. The lowest BCUT2D eigenvalue weighted by Crippen LogP contribution is -2.24. The van der Waals surface area contributed by atoms with Crippen molar-refractivity contribution in [1.29, 1.82) is 0 Å². The van der Waals surface area contributed by atoms with Gasteiger partial charge in [-0.15, -0.1) is 11.6 Å². The summed E-state index contributed by atoms with van der Waals surface area (Å²) >= 11 is 5.74. The zero-order valence-electron chi connectivity index (χ0n) is 11.5. The largest absolute Gasteiger partial charge is 0.348 e. The minimum atomic E-state index is -0.137. The minimum absolute atomic E-state index is 0.137. The first-order valence-electron chi connectivity index (χ1n) is 6.33. The minimum Gasteiger partial charge on any atom is -0.348 e. The van der Waals surface area contributed by atoms with Crippen molar-refractivity contribution in [2.75, 3.05) is 0 Å². The molecule has 1 aromatic carbocycles. The second kappa shape index (κ2) is 6.48. The van der Waals surface area contributed by atoms with Gasteiger partial charge in [0, 0.05) is 12.4 Å². The van der Waals surface area contributed by atoms with Gasteiger partial charge >= 0.3 is 0 Å². The van der Waals surface area contributed by atoms with Crippen molar-refractivity contribution in [3.63, 3.8) is 0 Å². The van der Waals surface area contributed by atoms with Crippen molar-refractivity contribution in [2.45, 2.75) is 26.3 Å². The van der Waals surface area contributed by atoms with Crippen LogP contribution >= 0.6 is 11.6 Å². The Kier molecular flexibility index (Phi) is 4.69. The van der Waals surface area contributed by atoms with Crippen molar-refractivity contribution in [2.24, 2.45) is 0 Å². The van der Waals surface area contributed by atoms with Crippen LogP contribution in [0.15, 0.2) is 30.3 Å². The molecule has 1 N–H and O–H groups in total. The number of alkyl halides is 1. The van der Waals surface area contributed by atoms with Crippen LogP contribution in [0.5, 0.6) is 0 Å². The number of carbonyl (C=O) groups is 1. The van der Waals surface area contributed by atoms with E-state index in [9.17, 15) is 4.79 Å². The van der Waals surface area contributed by atoms with Gasteiger partial charge in [-0.1, -0.05) is 24.3 Å². The fourth-order valence-electron chi connectivity index (χ4n) is 1.80. The van der Waals surface area contributed by atoms with E-state index in [4.69, 9.17) is 11.6 Å². The number of hydrogen-bond donors (Lipinski definition) is 1. The first kappa shape index (κ1) is 14.5. The molecule has 0 radical (unpaired) electrons. The third kappa shape index (κ3) is 3.54. The number of nitrogens with zero attached hydrogens (tertiary/aromatic N) is 2. The predicted octanol–water partition coefficient (Wildman–Crippen LogP) is 2.76. The van der Waals surface area contributed by atoms with Crippen LogP contribution in [0.3, 0.4) is 0 Å². The molecule has 5 heteroatoms. The van der Waals surface area contributed by atoms with Crippen LogP contribution in [0.4, 0.5) is 0 Å². The summed E-state index contributed by atoms with van der Waals surface area (Å²) in [6.07, 6.45) is 0. The summed E-state index contributed by atoms with van der Waals surface area (Å²) in [5.41, 5.74) is 4.02. The van der Waals surface area contributed by atoms with Crippen molar-refractivity contribution >= 4 is 17.5 Å². The Morgan fingerprint density at radius 3 is 2.45 bits per heavy atom. The fraction of sp³-hybridized carbons (Fsp3) is 0.267. The molecule has 2 rings (SSSR count). The number of nitrogens with one attached hydrogen (secondary N) is 1. The lowest BCUT2D eigenvalue weighted by molar-refractivity contribution is 0.0949. The third-order valence-corrected chi connectivity index (χ3v) is 3.28. The number of amides is 1. The molecule has 2 aromatic rings. The van der Waals surface area contributed by atoms with Crippen LogP contribution in [0, 0.1) is 13.8 Å². The Balaban J connectivity index is 2.02. The van der Waals surface area contributed by atoms with Gasteiger partial charge in [0.1, 0.15) is 0 Å². The van der Waals surface area contributed by atoms with Crippen LogP contribution in [0.1, 0.15) is 32.9 Å². The molecule has 104 valence electrons. The second-order valence-corrected chi connectivity index (χ2v) is 4.88. The van der Waals surface area contributed by atoms with Gasteiger partial charge in [-0.3, -0.25) is 4.79 Å². The molecule has 1 aromatic heterocycles. The van der Waals surface area contributed by atoms with E-state index in [0.29, 0.717) is 23.7 Å². The molecule has 0 saturated heterocycles. The Morgan fingerprint density at radius 1 is 1.15 bits per heavy atom. The van der Waals surface area contributed by atoms with Crippen molar-refractivity contribution in [3.8, 4) is 0 Å². The van der Waals surface area contributed by atoms with E-state index in [0.717, 1.165) is 16.8 Å². The topological polar surface area (TPSA) is 54.9 Å². The molecule has 0 saturated carbocycles. The highest BCUT2D eigenvalue weighted by atomic mass is 35.5. The van der Waals surface area contributed by atoms with Gasteiger partial charge in [-0.25, -0.2) is 0 Å². The number of halogens is 1. The molecule has 4 nitrogen and oxygen atoms in total. The van der Waals surface area contributed by atoms with Crippen LogP contribution in [0.2, 0.25) is 0 Å². The van der Waals surface area contributed by atoms with Crippen LogP contribution in [0.25, 0.3) is 0 Å².